The number of fused-ring (bicyclic) bond motifs is 1. The van der Waals surface area contributed by atoms with Gasteiger partial charge >= 0.3 is 6.18 Å². The van der Waals surface area contributed by atoms with Crippen LogP contribution in [0.2, 0.25) is 0 Å². The van der Waals surface area contributed by atoms with Gasteiger partial charge in [-0.1, -0.05) is 0 Å². The van der Waals surface area contributed by atoms with Crippen molar-refractivity contribution in [1.29, 1.82) is 0 Å². The molecule has 3 heterocycles. The number of pyridine rings is 1. The first-order valence-corrected chi connectivity index (χ1v) is 8.88. The average Bonchev–Trinajstić information content (AvgIpc) is 3.17. The fraction of sp³-hybridized carbons (Fsp3) is 0.375. The van der Waals surface area contributed by atoms with Crippen LogP contribution >= 0.6 is 35.3 Å². The van der Waals surface area contributed by atoms with Crippen LogP contribution in [0.5, 0.6) is 0 Å². The van der Waals surface area contributed by atoms with Crippen molar-refractivity contribution in [3.63, 3.8) is 0 Å². The Labute approximate surface area is 180 Å². The molecular weight excluding hydrogens is 506 g/mol. The van der Waals surface area contributed by atoms with Gasteiger partial charge in [0, 0.05) is 18.1 Å². The number of hydrogen-bond acceptors (Lipinski definition) is 5. The molecule has 3 aromatic rings. The molecule has 3 aromatic heterocycles. The summed E-state index contributed by atoms with van der Waals surface area (Å²) in [6.45, 7) is 4.62. The molecule has 0 radical (unpaired) electrons. The SMILES string of the molecule is CN=C(NCc1nc(C)c(C)s1)NCc1nnc2ccc(C(F)(F)F)cn12.I. The Bertz CT molecular complexity index is 961. The lowest BCUT2D eigenvalue weighted by Gasteiger charge is -2.11. The maximum absolute atomic E-state index is 12.9. The predicted octanol–water partition coefficient (Wildman–Crippen LogP) is 3.30. The van der Waals surface area contributed by atoms with Crippen LogP contribution in [0.15, 0.2) is 23.3 Å². The van der Waals surface area contributed by atoms with Crippen molar-refractivity contribution in [2.45, 2.75) is 33.1 Å². The first kappa shape index (κ1) is 22.3. The lowest BCUT2D eigenvalue weighted by Crippen LogP contribution is -2.36. The van der Waals surface area contributed by atoms with Crippen LogP contribution in [0.3, 0.4) is 0 Å². The molecule has 0 aliphatic rings. The Kier molecular flexibility index (Phi) is 7.20. The third kappa shape index (κ3) is 5.10. The summed E-state index contributed by atoms with van der Waals surface area (Å²) in [7, 11) is 1.61. The second kappa shape index (κ2) is 9.03. The number of alkyl halides is 3. The zero-order chi connectivity index (χ0) is 19.6. The highest BCUT2D eigenvalue weighted by molar-refractivity contribution is 14.0. The summed E-state index contributed by atoms with van der Waals surface area (Å²) < 4.78 is 40.0. The molecule has 0 saturated carbocycles. The smallest absolute Gasteiger partial charge is 0.350 e. The van der Waals surface area contributed by atoms with Gasteiger partial charge in [0.1, 0.15) is 5.01 Å². The van der Waals surface area contributed by atoms with E-state index in [1.807, 2.05) is 13.8 Å². The highest BCUT2D eigenvalue weighted by atomic mass is 127. The number of aromatic nitrogens is 4. The molecule has 0 aliphatic carbocycles. The molecule has 0 spiro atoms. The number of aryl methyl sites for hydroxylation is 2. The van der Waals surface area contributed by atoms with Crippen LogP contribution in [0.25, 0.3) is 5.65 Å². The van der Waals surface area contributed by atoms with E-state index in [1.165, 1.54) is 10.5 Å². The van der Waals surface area contributed by atoms with Gasteiger partial charge in [0.2, 0.25) is 0 Å². The number of nitrogens with zero attached hydrogens (tertiary/aromatic N) is 5. The molecule has 0 atom stereocenters. The molecule has 28 heavy (non-hydrogen) atoms. The van der Waals surface area contributed by atoms with Gasteiger partial charge in [0.05, 0.1) is 24.3 Å². The van der Waals surface area contributed by atoms with Crippen molar-refractivity contribution in [1.82, 2.24) is 30.2 Å². The molecule has 2 N–H and O–H groups in total. The minimum Gasteiger partial charge on any atom is -0.350 e. The highest BCUT2D eigenvalue weighted by Gasteiger charge is 2.31. The zero-order valence-electron chi connectivity index (χ0n) is 15.3. The van der Waals surface area contributed by atoms with E-state index in [9.17, 15) is 13.2 Å². The van der Waals surface area contributed by atoms with E-state index in [4.69, 9.17) is 0 Å². The van der Waals surface area contributed by atoms with Crippen molar-refractivity contribution in [2.75, 3.05) is 7.05 Å². The molecule has 0 aromatic carbocycles. The summed E-state index contributed by atoms with van der Waals surface area (Å²) in [5.74, 6) is 0.837. The normalized spacial score (nSPS) is 12.1. The number of nitrogens with one attached hydrogen (secondary N) is 2. The Morgan fingerprint density at radius 1 is 1.18 bits per heavy atom. The van der Waals surface area contributed by atoms with Crippen molar-refractivity contribution in [3.05, 3.63) is 45.3 Å². The summed E-state index contributed by atoms with van der Waals surface area (Å²) in [5.41, 5.74) is 0.583. The van der Waals surface area contributed by atoms with Crippen molar-refractivity contribution in [2.24, 2.45) is 4.99 Å². The Morgan fingerprint density at radius 2 is 1.89 bits per heavy atom. The summed E-state index contributed by atoms with van der Waals surface area (Å²) in [5, 5.41) is 14.9. The second-order valence-corrected chi connectivity index (χ2v) is 7.08. The topological polar surface area (TPSA) is 79.5 Å². The highest BCUT2D eigenvalue weighted by Crippen LogP contribution is 2.29. The molecule has 0 saturated heterocycles. The summed E-state index contributed by atoms with van der Waals surface area (Å²) >= 11 is 1.60. The number of halogens is 4. The van der Waals surface area contributed by atoms with Gasteiger partial charge in [-0.05, 0) is 26.0 Å². The Balaban J connectivity index is 0.00000280. The zero-order valence-corrected chi connectivity index (χ0v) is 18.5. The molecule has 0 amide bonds. The molecule has 152 valence electrons. The Morgan fingerprint density at radius 3 is 2.50 bits per heavy atom. The van der Waals surface area contributed by atoms with Crippen LogP contribution in [0, 0.1) is 13.8 Å². The third-order valence-corrected chi connectivity index (χ3v) is 4.99. The molecule has 0 fully saturated rings. The maximum Gasteiger partial charge on any atom is 0.417 e. The van der Waals surface area contributed by atoms with Gasteiger partial charge in [-0.15, -0.1) is 45.5 Å². The number of hydrogen-bond donors (Lipinski definition) is 2. The van der Waals surface area contributed by atoms with Crippen LogP contribution < -0.4 is 10.6 Å². The number of guanidine groups is 1. The first-order valence-electron chi connectivity index (χ1n) is 8.06. The van der Waals surface area contributed by atoms with E-state index in [0.717, 1.165) is 27.8 Å². The number of aliphatic imine (C=N–C) groups is 1. The van der Waals surface area contributed by atoms with E-state index in [2.05, 4.69) is 30.8 Å². The molecule has 3 rings (SSSR count). The monoisotopic (exact) mass is 525 g/mol. The van der Waals surface area contributed by atoms with Gasteiger partial charge in [0.15, 0.2) is 17.4 Å². The lowest BCUT2D eigenvalue weighted by atomic mass is 10.3. The first-order chi connectivity index (χ1) is 12.8. The minimum absolute atomic E-state index is 0. The van der Waals surface area contributed by atoms with Gasteiger partial charge in [-0.2, -0.15) is 13.2 Å². The van der Waals surface area contributed by atoms with Gasteiger partial charge in [-0.3, -0.25) is 9.39 Å². The maximum atomic E-state index is 12.9. The van der Waals surface area contributed by atoms with Gasteiger partial charge in [0.25, 0.3) is 0 Å². The van der Waals surface area contributed by atoms with Crippen LogP contribution in [0.4, 0.5) is 13.2 Å². The van der Waals surface area contributed by atoms with Crippen molar-refractivity contribution < 1.29 is 13.2 Å². The van der Waals surface area contributed by atoms with Crippen molar-refractivity contribution in [3.8, 4) is 0 Å². The summed E-state index contributed by atoms with van der Waals surface area (Å²) in [4.78, 5) is 9.70. The Hall–Kier alpha value is -1.96. The molecule has 0 aliphatic heterocycles. The molecule has 12 heteroatoms. The average molecular weight is 525 g/mol. The van der Waals surface area contributed by atoms with E-state index in [0.29, 0.717) is 24.0 Å². The predicted molar refractivity (Wildman–Crippen MR) is 112 cm³/mol. The largest absolute Gasteiger partial charge is 0.417 e. The van der Waals surface area contributed by atoms with Crippen LogP contribution in [0.1, 0.15) is 27.0 Å². The van der Waals surface area contributed by atoms with E-state index in [1.54, 1.807) is 18.4 Å². The fourth-order valence-electron chi connectivity index (χ4n) is 2.38. The standard InChI is InChI=1S/C16H18F3N7S.HI/c1-9-10(2)27-14(23-9)7-22-15(20-3)21-6-13-25-24-12-5-4-11(8-26(12)13)16(17,18)19;/h4-5,8H,6-7H2,1-3H3,(H2,20,21,22);1H. The molecule has 7 nitrogen and oxygen atoms in total. The van der Waals surface area contributed by atoms with E-state index in [-0.39, 0.29) is 30.5 Å². The molecule has 0 bridgehead atoms. The second-order valence-electron chi connectivity index (χ2n) is 5.79. The van der Waals surface area contributed by atoms with Crippen LogP contribution in [-0.4, -0.2) is 32.6 Å². The molecule has 0 unspecified atom stereocenters. The van der Waals surface area contributed by atoms with Crippen LogP contribution in [-0.2, 0) is 19.3 Å². The molecular formula is C16H19F3IN7S. The summed E-state index contributed by atoms with van der Waals surface area (Å²) in [6.07, 6.45) is -3.44. The lowest BCUT2D eigenvalue weighted by molar-refractivity contribution is -0.137. The van der Waals surface area contributed by atoms with E-state index >= 15 is 0 Å². The van der Waals surface area contributed by atoms with E-state index < -0.39 is 11.7 Å². The quantitative estimate of drug-likeness (QED) is 0.311. The van der Waals surface area contributed by atoms with Gasteiger partial charge < -0.3 is 10.6 Å². The number of rotatable bonds is 4. The minimum atomic E-state index is -4.43. The van der Waals surface area contributed by atoms with Crippen molar-refractivity contribution >= 4 is 46.9 Å². The van der Waals surface area contributed by atoms with Gasteiger partial charge in [-0.25, -0.2) is 4.98 Å². The number of thiazole rings is 1. The third-order valence-electron chi connectivity index (χ3n) is 3.92. The fourth-order valence-corrected chi connectivity index (χ4v) is 3.26. The summed E-state index contributed by atoms with van der Waals surface area (Å²) in [6, 6.07) is 2.28.